The summed E-state index contributed by atoms with van der Waals surface area (Å²) in [5, 5.41) is 0.468. The highest BCUT2D eigenvalue weighted by Gasteiger charge is 2.13. The molecule has 0 aliphatic heterocycles. The van der Waals surface area contributed by atoms with Gasteiger partial charge in [-0.05, 0) is 36.1 Å². The van der Waals surface area contributed by atoms with Crippen molar-refractivity contribution in [1.29, 1.82) is 0 Å². The first kappa shape index (κ1) is 16.4. The predicted octanol–water partition coefficient (Wildman–Crippen LogP) is 4.84. The van der Waals surface area contributed by atoms with Crippen LogP contribution in [0, 0.1) is 0 Å². The van der Waals surface area contributed by atoms with Crippen molar-refractivity contribution in [2.24, 2.45) is 0 Å². The van der Waals surface area contributed by atoms with E-state index in [1.165, 1.54) is 0 Å². The van der Waals surface area contributed by atoms with Gasteiger partial charge < -0.3 is 9.47 Å². The second-order valence-corrected chi connectivity index (χ2v) is 5.45. The molecule has 0 saturated heterocycles. The smallest absolute Gasteiger partial charge is 0.349 e. The lowest BCUT2D eigenvalue weighted by atomic mass is 9.98. The van der Waals surface area contributed by atoms with Crippen LogP contribution in [0.25, 0.3) is 0 Å². The molecule has 0 amide bonds. The Morgan fingerprint density at radius 3 is 2.41 bits per heavy atom. The van der Waals surface area contributed by atoms with E-state index in [2.05, 4.69) is 13.8 Å². The minimum atomic E-state index is -0.448. The van der Waals surface area contributed by atoms with Crippen molar-refractivity contribution in [3.63, 3.8) is 0 Å². The Kier molecular flexibility index (Phi) is 5.84. The molecule has 22 heavy (non-hydrogen) atoms. The third-order valence-electron chi connectivity index (χ3n) is 3.47. The van der Waals surface area contributed by atoms with Crippen LogP contribution in [0.2, 0.25) is 5.02 Å². The average molecular weight is 319 g/mol. The molecule has 3 nitrogen and oxygen atoms in total. The van der Waals surface area contributed by atoms with Gasteiger partial charge in [0.05, 0.1) is 5.02 Å². The highest BCUT2D eigenvalue weighted by Crippen LogP contribution is 2.28. The largest absolute Gasteiger partial charge is 0.480 e. The molecular weight excluding hydrogens is 300 g/mol. The Morgan fingerprint density at radius 2 is 1.73 bits per heavy atom. The molecule has 0 N–H and O–H groups in total. The maximum absolute atomic E-state index is 12.0. The van der Waals surface area contributed by atoms with E-state index in [-0.39, 0.29) is 6.61 Å². The summed E-state index contributed by atoms with van der Waals surface area (Å²) in [6, 6.07) is 14.6. The molecule has 2 rings (SSSR count). The van der Waals surface area contributed by atoms with Crippen LogP contribution < -0.4 is 9.47 Å². The number of halogens is 1. The van der Waals surface area contributed by atoms with Crippen molar-refractivity contribution < 1.29 is 14.3 Å². The molecule has 2 aromatic rings. The fourth-order valence-electron chi connectivity index (χ4n) is 2.05. The lowest BCUT2D eigenvalue weighted by molar-refractivity contribution is -0.136. The molecule has 0 heterocycles. The summed E-state index contributed by atoms with van der Waals surface area (Å²) >= 11 is 5.98. The summed E-state index contributed by atoms with van der Waals surface area (Å²) in [6.07, 6.45) is 0.977. The van der Waals surface area contributed by atoms with Gasteiger partial charge in [0.2, 0.25) is 0 Å². The molecular formula is C18H19ClO3. The van der Waals surface area contributed by atoms with E-state index in [1.54, 1.807) is 30.3 Å². The van der Waals surface area contributed by atoms with Gasteiger partial charge in [0.25, 0.3) is 0 Å². The number of para-hydroxylation sites is 2. The van der Waals surface area contributed by atoms with Crippen LogP contribution in [0.3, 0.4) is 0 Å². The van der Waals surface area contributed by atoms with Crippen molar-refractivity contribution >= 4 is 17.6 Å². The molecule has 0 saturated carbocycles. The summed E-state index contributed by atoms with van der Waals surface area (Å²) in [5.41, 5.74) is 1.02. The number of ether oxygens (including phenoxy) is 2. The Balaban J connectivity index is 1.99. The molecule has 1 unspecified atom stereocenters. The van der Waals surface area contributed by atoms with Gasteiger partial charge >= 0.3 is 5.97 Å². The fourth-order valence-corrected chi connectivity index (χ4v) is 2.24. The van der Waals surface area contributed by atoms with Crippen LogP contribution >= 0.6 is 11.6 Å². The van der Waals surface area contributed by atoms with Crippen LogP contribution in [0.5, 0.6) is 11.5 Å². The van der Waals surface area contributed by atoms with Gasteiger partial charge in [-0.15, -0.1) is 0 Å². The Labute approximate surface area is 135 Å². The molecule has 0 aliphatic rings. The molecule has 1 atom stereocenters. The van der Waals surface area contributed by atoms with Crippen molar-refractivity contribution in [2.45, 2.75) is 26.2 Å². The molecule has 0 radical (unpaired) electrons. The normalized spacial score (nSPS) is 11.8. The number of hydrogen-bond acceptors (Lipinski definition) is 3. The van der Waals surface area contributed by atoms with E-state index in [0.29, 0.717) is 22.4 Å². The first-order valence-electron chi connectivity index (χ1n) is 7.28. The van der Waals surface area contributed by atoms with E-state index in [0.717, 1.165) is 12.0 Å². The van der Waals surface area contributed by atoms with Crippen molar-refractivity contribution in [2.75, 3.05) is 6.61 Å². The van der Waals surface area contributed by atoms with E-state index in [1.807, 2.05) is 18.2 Å². The maximum Gasteiger partial charge on any atom is 0.349 e. The van der Waals surface area contributed by atoms with E-state index >= 15 is 0 Å². The first-order valence-corrected chi connectivity index (χ1v) is 7.66. The van der Waals surface area contributed by atoms with Gasteiger partial charge in [-0.2, -0.15) is 0 Å². The molecule has 0 aliphatic carbocycles. The number of hydrogen-bond donors (Lipinski definition) is 0. The van der Waals surface area contributed by atoms with Crippen LogP contribution in [0.1, 0.15) is 31.7 Å². The summed E-state index contributed by atoms with van der Waals surface area (Å²) in [7, 11) is 0. The van der Waals surface area contributed by atoms with Gasteiger partial charge in [0.1, 0.15) is 11.5 Å². The van der Waals surface area contributed by atoms with Crippen LogP contribution in [0.15, 0.2) is 48.5 Å². The average Bonchev–Trinajstić information content (AvgIpc) is 2.54. The zero-order chi connectivity index (χ0) is 15.9. The quantitative estimate of drug-likeness (QED) is 0.565. The van der Waals surface area contributed by atoms with Crippen molar-refractivity contribution in [3.05, 3.63) is 59.1 Å². The lowest BCUT2D eigenvalue weighted by Crippen LogP contribution is -2.18. The minimum absolute atomic E-state index is 0.182. The highest BCUT2D eigenvalue weighted by atomic mass is 35.5. The zero-order valence-electron chi connectivity index (χ0n) is 12.7. The van der Waals surface area contributed by atoms with Crippen LogP contribution in [-0.2, 0) is 4.79 Å². The Bertz CT molecular complexity index is 640. The van der Waals surface area contributed by atoms with E-state index < -0.39 is 5.97 Å². The number of carbonyl (C=O) groups is 1. The fraction of sp³-hybridized carbons (Fsp3) is 0.278. The number of benzene rings is 2. The molecule has 2 aromatic carbocycles. The molecule has 0 fully saturated rings. The monoisotopic (exact) mass is 318 g/mol. The van der Waals surface area contributed by atoms with Crippen LogP contribution in [-0.4, -0.2) is 12.6 Å². The summed E-state index contributed by atoms with van der Waals surface area (Å²) in [6.45, 7) is 4.02. The summed E-state index contributed by atoms with van der Waals surface area (Å²) < 4.78 is 10.8. The molecule has 0 bridgehead atoms. The molecule has 0 aromatic heterocycles. The third kappa shape index (κ3) is 4.25. The molecule has 116 valence electrons. The van der Waals surface area contributed by atoms with Gasteiger partial charge in [0.15, 0.2) is 6.61 Å². The Morgan fingerprint density at radius 1 is 1.09 bits per heavy atom. The Hall–Kier alpha value is -2.00. The SMILES string of the molecule is CCC(C)c1ccccc1OC(=O)COc1ccccc1Cl. The predicted molar refractivity (Wildman–Crippen MR) is 87.7 cm³/mol. The zero-order valence-corrected chi connectivity index (χ0v) is 13.5. The van der Waals surface area contributed by atoms with Gasteiger partial charge in [0, 0.05) is 0 Å². The van der Waals surface area contributed by atoms with E-state index in [4.69, 9.17) is 21.1 Å². The summed E-state index contributed by atoms with van der Waals surface area (Å²) in [5.74, 6) is 0.935. The number of carbonyl (C=O) groups excluding carboxylic acids is 1. The minimum Gasteiger partial charge on any atom is -0.480 e. The van der Waals surface area contributed by atoms with E-state index in [9.17, 15) is 4.79 Å². The maximum atomic E-state index is 12.0. The highest BCUT2D eigenvalue weighted by molar-refractivity contribution is 6.32. The van der Waals surface area contributed by atoms with Crippen LogP contribution in [0.4, 0.5) is 0 Å². The lowest BCUT2D eigenvalue weighted by Gasteiger charge is -2.14. The third-order valence-corrected chi connectivity index (χ3v) is 3.78. The van der Waals surface area contributed by atoms with Gasteiger partial charge in [-0.1, -0.05) is 55.8 Å². The topological polar surface area (TPSA) is 35.5 Å². The van der Waals surface area contributed by atoms with Crippen molar-refractivity contribution in [3.8, 4) is 11.5 Å². The number of esters is 1. The standard InChI is InChI=1S/C18H19ClO3/c1-3-13(2)14-8-4-6-10-16(14)22-18(20)12-21-17-11-7-5-9-15(17)19/h4-11,13H,3,12H2,1-2H3. The molecule has 0 spiro atoms. The second-order valence-electron chi connectivity index (χ2n) is 5.04. The number of rotatable bonds is 6. The van der Waals surface area contributed by atoms with Crippen molar-refractivity contribution in [1.82, 2.24) is 0 Å². The summed E-state index contributed by atoms with van der Waals surface area (Å²) in [4.78, 5) is 12.0. The van der Waals surface area contributed by atoms with Gasteiger partial charge in [-0.25, -0.2) is 4.79 Å². The molecule has 4 heteroatoms. The van der Waals surface area contributed by atoms with Gasteiger partial charge in [-0.3, -0.25) is 0 Å². The second kappa shape index (κ2) is 7.85. The first-order chi connectivity index (χ1) is 10.6.